The number of piperidine rings is 1. The molecule has 1 N–H and O–H groups in total. The van der Waals surface area contributed by atoms with Crippen molar-refractivity contribution in [2.45, 2.75) is 52.1 Å². The predicted molar refractivity (Wildman–Crippen MR) is 109 cm³/mol. The highest BCUT2D eigenvalue weighted by atomic mass is 16.5. The van der Waals surface area contributed by atoms with Crippen molar-refractivity contribution in [1.29, 1.82) is 0 Å². The standard InChI is InChI=1S/C22H35NO5/c1-6-27-21(25)16-8-7-11-23(13-16)14-17(24)15-28-20-10-9-18(26-5)12-19(20)22(2,3)4/h9-10,12,16-17,24H,6-8,11,13-15H2,1-5H3/t16-,17-/m1/s1. The lowest BCUT2D eigenvalue weighted by Gasteiger charge is -2.32. The lowest BCUT2D eigenvalue weighted by Crippen LogP contribution is -2.44. The Kier molecular flexibility index (Phi) is 8.13. The minimum atomic E-state index is -0.629. The summed E-state index contributed by atoms with van der Waals surface area (Å²) in [7, 11) is 1.65. The molecule has 0 aromatic heterocycles. The molecule has 1 fully saturated rings. The van der Waals surface area contributed by atoms with Crippen molar-refractivity contribution < 1.29 is 24.1 Å². The predicted octanol–water partition coefficient (Wildman–Crippen LogP) is 3.01. The van der Waals surface area contributed by atoms with Crippen LogP contribution in [0, 0.1) is 5.92 Å². The summed E-state index contributed by atoms with van der Waals surface area (Å²) in [6.45, 7) is 10.8. The van der Waals surface area contributed by atoms with Crippen molar-refractivity contribution in [3.05, 3.63) is 23.8 Å². The van der Waals surface area contributed by atoms with Crippen LogP contribution in [0.2, 0.25) is 0 Å². The van der Waals surface area contributed by atoms with Crippen LogP contribution in [0.4, 0.5) is 0 Å². The highest BCUT2D eigenvalue weighted by molar-refractivity contribution is 5.72. The largest absolute Gasteiger partial charge is 0.497 e. The number of aliphatic hydroxyl groups excluding tert-OH is 1. The third-order valence-corrected chi connectivity index (χ3v) is 5.02. The molecule has 1 aliphatic rings. The van der Waals surface area contributed by atoms with Gasteiger partial charge in [0, 0.05) is 18.7 Å². The quantitative estimate of drug-likeness (QED) is 0.685. The number of likely N-dealkylation sites (tertiary alicyclic amines) is 1. The van der Waals surface area contributed by atoms with Gasteiger partial charge in [-0.1, -0.05) is 20.8 Å². The third kappa shape index (κ3) is 6.38. The Bertz CT molecular complexity index is 640. The Morgan fingerprint density at radius 1 is 1.36 bits per heavy atom. The number of benzene rings is 1. The first kappa shape index (κ1) is 22.5. The topological polar surface area (TPSA) is 68.2 Å². The van der Waals surface area contributed by atoms with Gasteiger partial charge in [0.2, 0.25) is 0 Å². The van der Waals surface area contributed by atoms with Gasteiger partial charge in [-0.3, -0.25) is 9.69 Å². The highest BCUT2D eigenvalue weighted by Gasteiger charge is 2.28. The second-order valence-corrected chi connectivity index (χ2v) is 8.43. The number of ether oxygens (including phenoxy) is 3. The zero-order valence-corrected chi connectivity index (χ0v) is 17.9. The van der Waals surface area contributed by atoms with E-state index in [0.717, 1.165) is 36.4 Å². The number of aliphatic hydroxyl groups is 1. The SMILES string of the molecule is CCOC(=O)[C@@H]1CCCN(C[C@@H](O)COc2ccc(OC)cc2C(C)(C)C)C1. The van der Waals surface area contributed by atoms with E-state index in [1.165, 1.54) is 0 Å². The average Bonchev–Trinajstić information content (AvgIpc) is 2.66. The van der Waals surface area contributed by atoms with E-state index in [4.69, 9.17) is 14.2 Å². The number of β-amino-alcohol motifs (C(OH)–C–C–N with tert-alkyl or cyclic N) is 1. The van der Waals surface area contributed by atoms with Crippen molar-refractivity contribution in [2.75, 3.05) is 40.0 Å². The van der Waals surface area contributed by atoms with Crippen molar-refractivity contribution in [2.24, 2.45) is 5.92 Å². The van der Waals surface area contributed by atoms with E-state index >= 15 is 0 Å². The van der Waals surface area contributed by atoms with Gasteiger partial charge in [-0.15, -0.1) is 0 Å². The summed E-state index contributed by atoms with van der Waals surface area (Å²) < 4.78 is 16.4. The van der Waals surface area contributed by atoms with Gasteiger partial charge in [0.05, 0.1) is 19.6 Å². The lowest BCUT2D eigenvalue weighted by atomic mass is 9.86. The number of hydrogen-bond acceptors (Lipinski definition) is 6. The molecule has 1 saturated heterocycles. The summed E-state index contributed by atoms with van der Waals surface area (Å²) in [6.07, 6.45) is 1.16. The summed E-state index contributed by atoms with van der Waals surface area (Å²) in [5.74, 6) is 1.31. The number of rotatable bonds is 8. The molecule has 0 spiro atoms. The zero-order chi connectivity index (χ0) is 20.7. The molecule has 1 aliphatic heterocycles. The molecule has 1 aromatic rings. The molecule has 2 rings (SSSR count). The van der Waals surface area contributed by atoms with Gasteiger partial charge in [-0.2, -0.15) is 0 Å². The monoisotopic (exact) mass is 393 g/mol. The van der Waals surface area contributed by atoms with E-state index in [0.29, 0.717) is 19.7 Å². The highest BCUT2D eigenvalue weighted by Crippen LogP contribution is 2.34. The van der Waals surface area contributed by atoms with Crippen LogP contribution >= 0.6 is 0 Å². The fourth-order valence-electron chi connectivity index (χ4n) is 3.56. The molecular formula is C22H35NO5. The Labute approximate surface area is 168 Å². The molecule has 0 bridgehead atoms. The van der Waals surface area contributed by atoms with Crippen molar-refractivity contribution in [3.8, 4) is 11.5 Å². The first-order valence-electron chi connectivity index (χ1n) is 10.1. The molecule has 6 heteroatoms. The van der Waals surface area contributed by atoms with Gasteiger partial charge in [0.1, 0.15) is 24.2 Å². The summed E-state index contributed by atoms with van der Waals surface area (Å²) in [6, 6.07) is 5.74. The molecular weight excluding hydrogens is 358 g/mol. The first-order chi connectivity index (χ1) is 13.2. The zero-order valence-electron chi connectivity index (χ0n) is 17.9. The second-order valence-electron chi connectivity index (χ2n) is 8.43. The van der Waals surface area contributed by atoms with Gasteiger partial charge in [-0.25, -0.2) is 0 Å². The Morgan fingerprint density at radius 3 is 2.75 bits per heavy atom. The molecule has 2 atom stereocenters. The maximum Gasteiger partial charge on any atom is 0.310 e. The molecule has 0 aliphatic carbocycles. The molecule has 0 amide bonds. The molecule has 158 valence electrons. The van der Waals surface area contributed by atoms with Gasteiger partial charge in [-0.05, 0) is 49.9 Å². The van der Waals surface area contributed by atoms with Gasteiger partial charge >= 0.3 is 5.97 Å². The van der Waals surface area contributed by atoms with Gasteiger partial charge < -0.3 is 19.3 Å². The third-order valence-electron chi connectivity index (χ3n) is 5.02. The van der Waals surface area contributed by atoms with Crippen LogP contribution in [0.25, 0.3) is 0 Å². The summed E-state index contributed by atoms with van der Waals surface area (Å²) >= 11 is 0. The molecule has 0 saturated carbocycles. The summed E-state index contributed by atoms with van der Waals surface area (Å²) in [5.41, 5.74) is 0.938. The van der Waals surface area contributed by atoms with E-state index in [1.807, 2.05) is 25.1 Å². The fraction of sp³-hybridized carbons (Fsp3) is 0.682. The lowest BCUT2D eigenvalue weighted by molar-refractivity contribution is -0.150. The summed E-state index contributed by atoms with van der Waals surface area (Å²) in [5, 5.41) is 10.5. The van der Waals surface area contributed by atoms with Crippen molar-refractivity contribution in [3.63, 3.8) is 0 Å². The molecule has 6 nitrogen and oxygen atoms in total. The van der Waals surface area contributed by atoms with Crippen LogP contribution in [0.3, 0.4) is 0 Å². The van der Waals surface area contributed by atoms with Gasteiger partial charge in [0.25, 0.3) is 0 Å². The minimum Gasteiger partial charge on any atom is -0.497 e. The molecule has 28 heavy (non-hydrogen) atoms. The first-order valence-corrected chi connectivity index (χ1v) is 10.1. The Hall–Kier alpha value is -1.79. The minimum absolute atomic E-state index is 0.101. The number of methoxy groups -OCH3 is 1. The van der Waals surface area contributed by atoms with E-state index in [-0.39, 0.29) is 23.9 Å². The number of hydrogen-bond donors (Lipinski definition) is 1. The van der Waals surface area contributed by atoms with Crippen LogP contribution in [0.1, 0.15) is 46.1 Å². The van der Waals surface area contributed by atoms with E-state index in [1.54, 1.807) is 7.11 Å². The number of carbonyl (C=O) groups is 1. The molecule has 1 aromatic carbocycles. The van der Waals surface area contributed by atoms with Crippen LogP contribution in [0.15, 0.2) is 18.2 Å². The van der Waals surface area contributed by atoms with Crippen molar-refractivity contribution in [1.82, 2.24) is 4.90 Å². The Balaban J connectivity index is 1.92. The molecule has 0 unspecified atom stereocenters. The van der Waals surface area contributed by atoms with Crippen LogP contribution in [-0.2, 0) is 14.9 Å². The number of carbonyl (C=O) groups excluding carboxylic acids is 1. The van der Waals surface area contributed by atoms with Gasteiger partial charge in [0.15, 0.2) is 0 Å². The van der Waals surface area contributed by atoms with Crippen LogP contribution in [-0.4, -0.2) is 62.0 Å². The summed E-state index contributed by atoms with van der Waals surface area (Å²) in [4.78, 5) is 14.1. The maximum absolute atomic E-state index is 12.0. The maximum atomic E-state index is 12.0. The smallest absolute Gasteiger partial charge is 0.310 e. The van der Waals surface area contributed by atoms with Crippen LogP contribution in [0.5, 0.6) is 11.5 Å². The number of nitrogens with zero attached hydrogens (tertiary/aromatic N) is 1. The molecule has 1 heterocycles. The second kappa shape index (κ2) is 10.1. The van der Waals surface area contributed by atoms with Crippen molar-refractivity contribution >= 4 is 5.97 Å². The Morgan fingerprint density at radius 2 is 2.11 bits per heavy atom. The average molecular weight is 394 g/mol. The normalized spacial score (nSPS) is 19.1. The fourth-order valence-corrected chi connectivity index (χ4v) is 3.56. The van der Waals surface area contributed by atoms with E-state index in [9.17, 15) is 9.90 Å². The number of esters is 1. The van der Waals surface area contributed by atoms with E-state index < -0.39 is 6.10 Å². The van der Waals surface area contributed by atoms with E-state index in [2.05, 4.69) is 25.7 Å². The molecule has 0 radical (unpaired) electrons. The van der Waals surface area contributed by atoms with Crippen LogP contribution < -0.4 is 9.47 Å².